The number of nitriles is 1. The van der Waals surface area contributed by atoms with Gasteiger partial charge in [0.25, 0.3) is 5.91 Å². The van der Waals surface area contributed by atoms with Gasteiger partial charge in [-0.2, -0.15) is 5.26 Å². The molecular weight excluding hydrogens is 491 g/mol. The molecule has 0 aromatic heterocycles. The van der Waals surface area contributed by atoms with Crippen LogP contribution in [0.1, 0.15) is 25.0 Å². The summed E-state index contributed by atoms with van der Waals surface area (Å²) < 4.78 is 35.1. The van der Waals surface area contributed by atoms with Crippen LogP contribution in [0, 0.1) is 17.1 Å². The zero-order valence-electron chi connectivity index (χ0n) is 21.0. The van der Waals surface area contributed by atoms with E-state index in [4.69, 9.17) is 24.2 Å². The first-order valence-electron chi connectivity index (χ1n) is 11.9. The molecule has 196 valence electrons. The van der Waals surface area contributed by atoms with Gasteiger partial charge in [0.05, 0.1) is 18.2 Å². The van der Waals surface area contributed by atoms with E-state index in [1.165, 1.54) is 49.4 Å². The van der Waals surface area contributed by atoms with Gasteiger partial charge in [-0.1, -0.05) is 12.1 Å². The molecule has 0 heterocycles. The SMILES string of the molecule is CCOc1cc(/C=C/C(=O)OC(C)C(=O)Nc2cccc(C#N)c2)ccc1OCCOc1ccc(F)cc1. The normalized spacial score (nSPS) is 11.3. The minimum atomic E-state index is -1.05. The monoisotopic (exact) mass is 518 g/mol. The van der Waals surface area contributed by atoms with Gasteiger partial charge in [-0.3, -0.25) is 4.79 Å². The van der Waals surface area contributed by atoms with Crippen LogP contribution >= 0.6 is 0 Å². The number of hydrogen-bond acceptors (Lipinski definition) is 7. The quantitative estimate of drug-likeness (QED) is 0.201. The van der Waals surface area contributed by atoms with Crippen LogP contribution in [0.5, 0.6) is 17.2 Å². The number of benzene rings is 3. The van der Waals surface area contributed by atoms with Gasteiger partial charge in [-0.05, 0) is 80.1 Å². The van der Waals surface area contributed by atoms with Crippen molar-refractivity contribution in [3.8, 4) is 23.3 Å². The summed E-state index contributed by atoms with van der Waals surface area (Å²) in [7, 11) is 0. The number of rotatable bonds is 12. The Morgan fingerprint density at radius 3 is 2.50 bits per heavy atom. The first kappa shape index (κ1) is 27.7. The number of carbonyl (C=O) groups is 2. The third-order valence-electron chi connectivity index (χ3n) is 5.02. The molecule has 1 amide bonds. The topological polar surface area (TPSA) is 107 Å². The Hall–Kier alpha value is -4.84. The fraction of sp³-hybridized carbons (Fsp3) is 0.207. The van der Waals surface area contributed by atoms with Crippen molar-refractivity contribution in [2.45, 2.75) is 20.0 Å². The Balaban J connectivity index is 1.52. The predicted molar refractivity (Wildman–Crippen MR) is 139 cm³/mol. The maximum Gasteiger partial charge on any atom is 0.331 e. The molecule has 0 fully saturated rings. The number of amides is 1. The average Bonchev–Trinajstić information content (AvgIpc) is 2.92. The van der Waals surface area contributed by atoms with E-state index >= 15 is 0 Å². The molecule has 0 spiro atoms. The van der Waals surface area contributed by atoms with E-state index in [2.05, 4.69) is 5.32 Å². The number of halogens is 1. The minimum Gasteiger partial charge on any atom is -0.490 e. The van der Waals surface area contributed by atoms with Crippen LogP contribution in [-0.4, -0.2) is 37.8 Å². The van der Waals surface area contributed by atoms with Crippen LogP contribution < -0.4 is 19.5 Å². The smallest absolute Gasteiger partial charge is 0.331 e. The number of ether oxygens (including phenoxy) is 4. The highest BCUT2D eigenvalue weighted by Crippen LogP contribution is 2.29. The van der Waals surface area contributed by atoms with Crippen molar-refractivity contribution in [2.75, 3.05) is 25.1 Å². The van der Waals surface area contributed by atoms with Gasteiger partial charge in [0.2, 0.25) is 0 Å². The molecule has 1 atom stereocenters. The summed E-state index contributed by atoms with van der Waals surface area (Å²) in [4.78, 5) is 24.6. The highest BCUT2D eigenvalue weighted by Gasteiger charge is 2.17. The summed E-state index contributed by atoms with van der Waals surface area (Å²) in [6.45, 7) is 4.18. The summed E-state index contributed by atoms with van der Waals surface area (Å²) in [6, 6.07) is 19.3. The Labute approximate surface area is 220 Å². The lowest BCUT2D eigenvalue weighted by atomic mass is 10.2. The molecule has 1 N–H and O–H groups in total. The fourth-order valence-electron chi connectivity index (χ4n) is 3.20. The summed E-state index contributed by atoms with van der Waals surface area (Å²) in [5.74, 6) is -0.0408. The van der Waals surface area contributed by atoms with E-state index in [9.17, 15) is 14.0 Å². The molecular formula is C29H27FN2O6. The van der Waals surface area contributed by atoms with E-state index in [0.29, 0.717) is 40.7 Å². The zero-order valence-corrected chi connectivity index (χ0v) is 21.0. The molecule has 1 unspecified atom stereocenters. The van der Waals surface area contributed by atoms with E-state index < -0.39 is 18.0 Å². The molecule has 8 nitrogen and oxygen atoms in total. The lowest BCUT2D eigenvalue weighted by molar-refractivity contribution is -0.148. The van der Waals surface area contributed by atoms with Crippen molar-refractivity contribution >= 4 is 23.6 Å². The van der Waals surface area contributed by atoms with Crippen molar-refractivity contribution in [2.24, 2.45) is 0 Å². The number of anilines is 1. The summed E-state index contributed by atoms with van der Waals surface area (Å²) >= 11 is 0. The fourth-order valence-corrected chi connectivity index (χ4v) is 3.20. The highest BCUT2D eigenvalue weighted by molar-refractivity contribution is 5.96. The lowest BCUT2D eigenvalue weighted by Gasteiger charge is -2.13. The summed E-state index contributed by atoms with van der Waals surface area (Å²) in [6.07, 6.45) is 1.69. The lowest BCUT2D eigenvalue weighted by Crippen LogP contribution is -2.29. The Bertz CT molecular complexity index is 1320. The van der Waals surface area contributed by atoms with E-state index in [1.807, 2.05) is 13.0 Å². The zero-order chi connectivity index (χ0) is 27.3. The van der Waals surface area contributed by atoms with Gasteiger partial charge in [-0.25, -0.2) is 9.18 Å². The molecule has 0 bridgehead atoms. The van der Waals surface area contributed by atoms with Crippen molar-refractivity contribution in [1.82, 2.24) is 0 Å². The second-order valence-electron chi connectivity index (χ2n) is 7.88. The Morgan fingerprint density at radius 1 is 1.00 bits per heavy atom. The van der Waals surface area contributed by atoms with Crippen LogP contribution in [0.25, 0.3) is 6.08 Å². The van der Waals surface area contributed by atoms with Gasteiger partial charge in [0, 0.05) is 11.8 Å². The Morgan fingerprint density at radius 2 is 1.76 bits per heavy atom. The molecule has 3 rings (SSSR count). The van der Waals surface area contributed by atoms with Crippen LogP contribution in [0.4, 0.5) is 10.1 Å². The molecule has 0 saturated carbocycles. The highest BCUT2D eigenvalue weighted by atomic mass is 19.1. The van der Waals surface area contributed by atoms with Gasteiger partial charge in [-0.15, -0.1) is 0 Å². The first-order chi connectivity index (χ1) is 18.4. The largest absolute Gasteiger partial charge is 0.490 e. The maximum atomic E-state index is 13.0. The van der Waals surface area contributed by atoms with Gasteiger partial charge in [0.15, 0.2) is 17.6 Å². The second-order valence-corrected chi connectivity index (χ2v) is 7.88. The molecule has 0 aliphatic carbocycles. The molecule has 0 aliphatic rings. The standard InChI is InChI=1S/C29H27FN2O6/c1-3-35-27-18-21(7-13-26(27)37-16-15-36-25-11-9-23(30)10-12-25)8-14-28(33)38-20(2)29(34)32-24-6-4-5-22(17-24)19-31/h4-14,17-18,20H,3,15-16H2,1-2H3,(H,32,34)/b14-8+. The third-order valence-corrected chi connectivity index (χ3v) is 5.02. The van der Waals surface area contributed by atoms with Crippen LogP contribution in [0.15, 0.2) is 72.8 Å². The van der Waals surface area contributed by atoms with Crippen molar-refractivity contribution in [3.63, 3.8) is 0 Å². The Kier molecular flexibility index (Phi) is 10.3. The maximum absolute atomic E-state index is 13.0. The number of hydrogen-bond donors (Lipinski definition) is 1. The van der Waals surface area contributed by atoms with Crippen molar-refractivity contribution in [1.29, 1.82) is 5.26 Å². The minimum absolute atomic E-state index is 0.236. The first-order valence-corrected chi connectivity index (χ1v) is 11.9. The van der Waals surface area contributed by atoms with Gasteiger partial charge in [0.1, 0.15) is 24.8 Å². The van der Waals surface area contributed by atoms with Crippen molar-refractivity contribution in [3.05, 3.63) is 89.8 Å². The molecule has 0 saturated heterocycles. The van der Waals surface area contributed by atoms with Crippen molar-refractivity contribution < 1.29 is 32.9 Å². The molecule has 0 radical (unpaired) electrons. The van der Waals surface area contributed by atoms with Gasteiger partial charge < -0.3 is 24.3 Å². The number of nitrogens with zero attached hydrogens (tertiary/aromatic N) is 1. The molecule has 0 aliphatic heterocycles. The van der Waals surface area contributed by atoms with Crippen LogP contribution in [0.2, 0.25) is 0 Å². The molecule has 3 aromatic carbocycles. The molecule has 3 aromatic rings. The third kappa shape index (κ3) is 8.68. The van der Waals surface area contributed by atoms with Gasteiger partial charge >= 0.3 is 5.97 Å². The number of carbonyl (C=O) groups excluding carboxylic acids is 2. The van der Waals surface area contributed by atoms with Crippen LogP contribution in [0.3, 0.4) is 0 Å². The second kappa shape index (κ2) is 14.0. The predicted octanol–water partition coefficient (Wildman–Crippen LogP) is 5.14. The van der Waals surface area contributed by atoms with E-state index in [0.717, 1.165) is 0 Å². The number of nitrogens with one attached hydrogen (secondary N) is 1. The van der Waals surface area contributed by atoms with E-state index in [1.54, 1.807) is 36.4 Å². The summed E-state index contributed by atoms with van der Waals surface area (Å²) in [5.41, 5.74) is 1.49. The number of esters is 1. The van der Waals surface area contributed by atoms with E-state index in [-0.39, 0.29) is 19.0 Å². The average molecular weight is 519 g/mol. The molecule has 38 heavy (non-hydrogen) atoms. The molecule has 9 heteroatoms. The summed E-state index contributed by atoms with van der Waals surface area (Å²) in [5, 5.41) is 11.6. The van der Waals surface area contributed by atoms with Crippen LogP contribution in [-0.2, 0) is 14.3 Å².